The average Bonchev–Trinajstić information content (AvgIpc) is 2.66. The number of carbonyl (C=O) groups excluding carboxylic acids is 1. The van der Waals surface area contributed by atoms with Crippen molar-refractivity contribution in [1.82, 2.24) is 0 Å². The average molecular weight is 497 g/mol. The molecule has 0 saturated heterocycles. The van der Waals surface area contributed by atoms with Gasteiger partial charge < -0.3 is 22.3 Å². The first-order valence-corrected chi connectivity index (χ1v) is 11.8. The third-order valence-electron chi connectivity index (χ3n) is 6.41. The molecule has 2 rings (SSSR count). The fourth-order valence-corrected chi connectivity index (χ4v) is 4.09. The maximum absolute atomic E-state index is 13.9. The molecule has 34 heavy (non-hydrogen) atoms. The van der Waals surface area contributed by atoms with Crippen LogP contribution in [0, 0.1) is 27.7 Å². The van der Waals surface area contributed by atoms with Crippen molar-refractivity contribution in [1.29, 1.82) is 0 Å². The van der Waals surface area contributed by atoms with Gasteiger partial charge in [-0.15, -0.1) is 0 Å². The molecule has 0 heterocycles. The third kappa shape index (κ3) is 6.92. The van der Waals surface area contributed by atoms with E-state index in [1.165, 1.54) is 0 Å². The molecule has 0 aliphatic rings. The summed E-state index contributed by atoms with van der Waals surface area (Å²) in [6.45, 7) is 22.8. The Bertz CT molecular complexity index is 1030. The molecule has 2 aromatic carbocycles. The van der Waals surface area contributed by atoms with Crippen molar-refractivity contribution in [2.75, 3.05) is 0 Å². The Balaban J connectivity index is 0.00000544. The maximum Gasteiger partial charge on any atom is 2.00 e. The predicted molar refractivity (Wildman–Crippen MR) is 139 cm³/mol. The molecule has 0 aliphatic carbocycles. The number of hydrogen-bond donors (Lipinski definition) is 0. The van der Waals surface area contributed by atoms with Gasteiger partial charge in [-0.2, -0.15) is 0 Å². The van der Waals surface area contributed by atoms with Crippen molar-refractivity contribution >= 4 is 29.0 Å². The third-order valence-corrected chi connectivity index (χ3v) is 6.41. The molecule has 0 saturated carbocycles. The summed E-state index contributed by atoms with van der Waals surface area (Å²) in [5.74, 6) is 0.336. The molecule has 0 unspecified atom stereocenters. The van der Waals surface area contributed by atoms with Crippen LogP contribution in [0.4, 0.5) is 0 Å². The Morgan fingerprint density at radius 1 is 0.853 bits per heavy atom. The number of hydrogen-bond acceptors (Lipinski definition) is 3. The summed E-state index contributed by atoms with van der Waals surface area (Å²) in [6, 6.07) is 4.13. The summed E-state index contributed by atoms with van der Waals surface area (Å²) >= 11 is 0. The SMILES string of the molecule is CCCCC(=O)Oc1c(C(C)(C)C)cc(C)c(C)c1-c1c(C)c(C)cc(C(C)(C)C)c1[O-].[Cl-].[Mg+2]. The fraction of sp³-hybridized carbons (Fsp3) is 0.552. The summed E-state index contributed by atoms with van der Waals surface area (Å²) in [5, 5.41) is 13.9. The molecule has 0 N–H and O–H groups in total. The van der Waals surface area contributed by atoms with Gasteiger partial charge in [-0.3, -0.25) is 4.79 Å². The number of ether oxygens (including phenoxy) is 1. The van der Waals surface area contributed by atoms with Gasteiger partial charge in [0.2, 0.25) is 0 Å². The van der Waals surface area contributed by atoms with Crippen molar-refractivity contribution in [3.05, 3.63) is 45.5 Å². The second-order valence-electron chi connectivity index (χ2n) is 11.2. The van der Waals surface area contributed by atoms with E-state index in [0.29, 0.717) is 17.7 Å². The quantitative estimate of drug-likeness (QED) is 0.357. The fourth-order valence-electron chi connectivity index (χ4n) is 4.09. The summed E-state index contributed by atoms with van der Waals surface area (Å²) in [7, 11) is 0. The number of rotatable bonds is 5. The van der Waals surface area contributed by atoms with Gasteiger partial charge in [0.15, 0.2) is 0 Å². The van der Waals surface area contributed by atoms with Gasteiger partial charge in [-0.05, 0) is 78.3 Å². The number of esters is 1. The molecule has 0 aromatic heterocycles. The van der Waals surface area contributed by atoms with Gasteiger partial charge in [0.05, 0.1) is 0 Å². The van der Waals surface area contributed by atoms with Crippen LogP contribution in [0.3, 0.4) is 0 Å². The topological polar surface area (TPSA) is 49.4 Å². The molecule has 0 radical (unpaired) electrons. The van der Waals surface area contributed by atoms with E-state index < -0.39 is 0 Å². The number of unbranched alkanes of at least 4 members (excludes halogenated alkanes) is 1. The minimum Gasteiger partial charge on any atom is -1.00 e. The van der Waals surface area contributed by atoms with E-state index in [4.69, 9.17) is 4.74 Å². The van der Waals surface area contributed by atoms with Crippen LogP contribution >= 0.6 is 0 Å². The monoisotopic (exact) mass is 496 g/mol. The molecule has 3 nitrogen and oxygen atoms in total. The molecular weight excluding hydrogens is 456 g/mol. The van der Waals surface area contributed by atoms with Crippen molar-refractivity contribution in [2.24, 2.45) is 0 Å². The van der Waals surface area contributed by atoms with E-state index in [1.807, 2.05) is 19.9 Å². The molecule has 5 heteroatoms. The van der Waals surface area contributed by atoms with E-state index in [1.54, 1.807) is 0 Å². The largest absolute Gasteiger partial charge is 2.00 e. The Hall–Kier alpha value is -1.23. The molecule has 0 atom stereocenters. The number of halogens is 1. The minimum absolute atomic E-state index is 0. The van der Waals surface area contributed by atoms with Crippen molar-refractivity contribution < 1.29 is 27.0 Å². The van der Waals surface area contributed by atoms with Crippen LogP contribution in [0.15, 0.2) is 12.1 Å². The maximum atomic E-state index is 13.9. The zero-order chi connectivity index (χ0) is 24.6. The van der Waals surface area contributed by atoms with Gasteiger partial charge in [-0.25, -0.2) is 0 Å². The summed E-state index contributed by atoms with van der Waals surface area (Å²) < 4.78 is 6.09. The molecule has 0 fully saturated rings. The Morgan fingerprint density at radius 3 is 1.74 bits per heavy atom. The summed E-state index contributed by atoms with van der Waals surface area (Å²) in [5.41, 5.74) is 6.76. The van der Waals surface area contributed by atoms with Crippen molar-refractivity contribution in [3.8, 4) is 22.6 Å². The standard InChI is InChI=1S/C29H42O3.ClH.Mg/c1-12-13-14-23(30)32-27-22(29(9,10)11)16-18(3)20(5)25(27)24-19(4)17(2)15-21(26(24)31)28(6,7)8;;/h15-16,31H,12-14H2,1-11H3;1H;/q;;+2/p-2. The van der Waals surface area contributed by atoms with Crippen molar-refractivity contribution in [2.45, 2.75) is 106 Å². The van der Waals surface area contributed by atoms with Gasteiger partial charge >= 0.3 is 29.0 Å². The first-order chi connectivity index (χ1) is 14.6. The van der Waals surface area contributed by atoms with Gasteiger partial charge in [0.25, 0.3) is 0 Å². The second kappa shape index (κ2) is 12.1. The van der Waals surface area contributed by atoms with E-state index >= 15 is 0 Å². The van der Waals surface area contributed by atoms with Crippen molar-refractivity contribution in [3.63, 3.8) is 0 Å². The number of aryl methyl sites for hydroxylation is 2. The molecule has 184 valence electrons. The van der Waals surface area contributed by atoms with Gasteiger partial charge in [0, 0.05) is 17.5 Å². The first-order valence-electron chi connectivity index (χ1n) is 11.8. The van der Waals surface area contributed by atoms with Crippen LogP contribution in [0.5, 0.6) is 11.5 Å². The number of carbonyl (C=O) groups is 1. The smallest absolute Gasteiger partial charge is 1.00 e. The summed E-state index contributed by atoms with van der Waals surface area (Å²) in [6.07, 6.45) is 2.09. The van der Waals surface area contributed by atoms with E-state index in [-0.39, 0.29) is 58.0 Å². The van der Waals surface area contributed by atoms with E-state index in [0.717, 1.165) is 51.8 Å². The molecular formula is C29H41ClMgO3. The molecule has 0 amide bonds. The molecule has 0 bridgehead atoms. The zero-order valence-electron chi connectivity index (χ0n) is 23.1. The second-order valence-corrected chi connectivity index (χ2v) is 11.2. The van der Waals surface area contributed by atoms with E-state index in [2.05, 4.69) is 68.4 Å². The van der Waals surface area contributed by atoms with E-state index in [9.17, 15) is 9.90 Å². The first kappa shape index (κ1) is 32.8. The van der Waals surface area contributed by atoms with Crippen LogP contribution in [0.1, 0.15) is 101 Å². The normalized spacial score (nSPS) is 11.5. The molecule has 0 spiro atoms. The number of benzene rings is 2. The van der Waals surface area contributed by atoms with Gasteiger partial charge in [0.1, 0.15) is 5.75 Å². The van der Waals surface area contributed by atoms with Crippen LogP contribution in [-0.4, -0.2) is 29.0 Å². The Kier molecular flexibility index (Phi) is 11.7. The molecule has 0 aliphatic heterocycles. The van der Waals surface area contributed by atoms with Gasteiger partial charge in [-0.1, -0.05) is 72.8 Å². The van der Waals surface area contributed by atoms with Crippen LogP contribution in [-0.2, 0) is 15.6 Å². The van der Waals surface area contributed by atoms with Crippen LogP contribution in [0.2, 0.25) is 0 Å². The Morgan fingerprint density at radius 2 is 1.29 bits per heavy atom. The molecule has 2 aromatic rings. The predicted octanol–water partition coefficient (Wildman–Crippen LogP) is 3.97. The minimum atomic E-state index is -0.285. The summed E-state index contributed by atoms with van der Waals surface area (Å²) in [4.78, 5) is 12.8. The van der Waals surface area contributed by atoms with Crippen LogP contribution < -0.4 is 22.3 Å². The zero-order valence-corrected chi connectivity index (χ0v) is 25.3. The Labute approximate surface area is 229 Å². The van der Waals surface area contributed by atoms with Crippen LogP contribution in [0.25, 0.3) is 11.1 Å².